The smallest absolute Gasteiger partial charge is 0.251 e. The van der Waals surface area contributed by atoms with E-state index in [1.807, 2.05) is 24.3 Å². The maximum absolute atomic E-state index is 12.0. The molecule has 3 rings (SSSR count). The zero-order valence-corrected chi connectivity index (χ0v) is 13.5. The monoisotopic (exact) mass is 386 g/mol. The first-order valence-corrected chi connectivity index (χ1v) is 8.19. The standard InChI is InChI=1S/C15H19IN2O2/c16-12-5-3-11(4-6-12)15(19)17-8-14-9-18-7-1-2-13(18)10-20-14/h3-6,13-14H,1-2,7-10H2,(H,17,19)/t13-,14+/m0/s1. The van der Waals surface area contributed by atoms with E-state index in [9.17, 15) is 4.79 Å². The van der Waals surface area contributed by atoms with Crippen molar-refractivity contribution >= 4 is 28.5 Å². The molecule has 0 aliphatic carbocycles. The molecule has 2 aliphatic rings. The Balaban J connectivity index is 1.49. The number of hydrogen-bond donors (Lipinski definition) is 1. The van der Waals surface area contributed by atoms with Crippen LogP contribution in [-0.4, -0.2) is 49.2 Å². The van der Waals surface area contributed by atoms with E-state index in [4.69, 9.17) is 4.74 Å². The summed E-state index contributed by atoms with van der Waals surface area (Å²) in [5, 5.41) is 2.97. The molecule has 1 aromatic carbocycles. The first-order valence-electron chi connectivity index (χ1n) is 7.12. The van der Waals surface area contributed by atoms with Gasteiger partial charge < -0.3 is 10.1 Å². The molecule has 0 unspecified atom stereocenters. The molecule has 0 spiro atoms. The third-order valence-corrected chi connectivity index (χ3v) is 4.78. The van der Waals surface area contributed by atoms with Crippen molar-refractivity contribution in [2.24, 2.45) is 0 Å². The second-order valence-electron chi connectivity index (χ2n) is 5.46. The maximum Gasteiger partial charge on any atom is 0.251 e. The molecule has 108 valence electrons. The van der Waals surface area contributed by atoms with Crippen LogP contribution in [-0.2, 0) is 4.74 Å². The number of ether oxygens (including phenoxy) is 1. The SMILES string of the molecule is O=C(NC[C@@H]1CN2CCC[C@H]2CO1)c1ccc(I)cc1. The Labute approximate surface area is 133 Å². The van der Waals surface area contributed by atoms with Crippen molar-refractivity contribution < 1.29 is 9.53 Å². The summed E-state index contributed by atoms with van der Waals surface area (Å²) in [5.74, 6) is -0.0199. The lowest BCUT2D eigenvalue weighted by Gasteiger charge is -2.35. The Morgan fingerprint density at radius 3 is 3.00 bits per heavy atom. The van der Waals surface area contributed by atoms with Gasteiger partial charge in [0.25, 0.3) is 5.91 Å². The van der Waals surface area contributed by atoms with Gasteiger partial charge in [-0.2, -0.15) is 0 Å². The van der Waals surface area contributed by atoms with Gasteiger partial charge in [0.1, 0.15) is 0 Å². The van der Waals surface area contributed by atoms with E-state index < -0.39 is 0 Å². The van der Waals surface area contributed by atoms with Crippen LogP contribution < -0.4 is 5.32 Å². The fraction of sp³-hybridized carbons (Fsp3) is 0.533. The van der Waals surface area contributed by atoms with Crippen LogP contribution in [0.25, 0.3) is 0 Å². The second-order valence-corrected chi connectivity index (χ2v) is 6.71. The van der Waals surface area contributed by atoms with Crippen molar-refractivity contribution in [1.29, 1.82) is 0 Å². The number of benzene rings is 1. The molecule has 20 heavy (non-hydrogen) atoms. The molecule has 1 aromatic rings. The van der Waals surface area contributed by atoms with Gasteiger partial charge in [0.2, 0.25) is 0 Å². The number of nitrogens with zero attached hydrogens (tertiary/aromatic N) is 1. The number of rotatable bonds is 3. The molecule has 0 aromatic heterocycles. The topological polar surface area (TPSA) is 41.6 Å². The Bertz CT molecular complexity index is 477. The van der Waals surface area contributed by atoms with E-state index in [-0.39, 0.29) is 12.0 Å². The van der Waals surface area contributed by atoms with Gasteiger partial charge >= 0.3 is 0 Å². The summed E-state index contributed by atoms with van der Waals surface area (Å²) >= 11 is 2.23. The number of carbonyl (C=O) groups excluding carboxylic acids is 1. The van der Waals surface area contributed by atoms with Gasteiger partial charge in [-0.25, -0.2) is 0 Å². The average molecular weight is 386 g/mol. The normalized spacial score (nSPS) is 26.2. The zero-order valence-electron chi connectivity index (χ0n) is 11.3. The number of nitrogens with one attached hydrogen (secondary N) is 1. The minimum absolute atomic E-state index is 0.0199. The van der Waals surface area contributed by atoms with Gasteiger partial charge in [-0.1, -0.05) is 0 Å². The number of hydrogen-bond acceptors (Lipinski definition) is 3. The van der Waals surface area contributed by atoms with Gasteiger partial charge in [0.15, 0.2) is 0 Å². The Hall–Kier alpha value is -0.660. The quantitative estimate of drug-likeness (QED) is 0.807. The molecule has 0 bridgehead atoms. The molecule has 2 atom stereocenters. The molecule has 5 heteroatoms. The summed E-state index contributed by atoms with van der Waals surface area (Å²) in [6, 6.07) is 8.21. The molecule has 0 radical (unpaired) electrons. The highest BCUT2D eigenvalue weighted by Crippen LogP contribution is 2.22. The van der Waals surface area contributed by atoms with E-state index in [0.29, 0.717) is 18.2 Å². The fourth-order valence-electron chi connectivity index (χ4n) is 2.92. The second kappa shape index (κ2) is 6.41. The highest BCUT2D eigenvalue weighted by atomic mass is 127. The van der Waals surface area contributed by atoms with Gasteiger partial charge in [-0.3, -0.25) is 9.69 Å². The third kappa shape index (κ3) is 3.32. The minimum atomic E-state index is -0.0199. The summed E-state index contributed by atoms with van der Waals surface area (Å²) in [4.78, 5) is 14.5. The summed E-state index contributed by atoms with van der Waals surface area (Å²) < 4.78 is 6.97. The molecular formula is C15H19IN2O2. The largest absolute Gasteiger partial charge is 0.373 e. The van der Waals surface area contributed by atoms with Crippen LogP contribution in [0.15, 0.2) is 24.3 Å². The summed E-state index contributed by atoms with van der Waals surface area (Å²) in [5.41, 5.74) is 0.709. The lowest BCUT2D eigenvalue weighted by Crippen LogP contribution is -2.50. The molecular weight excluding hydrogens is 367 g/mol. The molecule has 1 N–H and O–H groups in total. The van der Waals surface area contributed by atoms with Crippen molar-refractivity contribution in [3.8, 4) is 0 Å². The molecule has 2 saturated heterocycles. The van der Waals surface area contributed by atoms with Gasteiger partial charge in [0, 0.05) is 28.3 Å². The van der Waals surface area contributed by atoms with Crippen molar-refractivity contribution in [3.05, 3.63) is 33.4 Å². The number of amides is 1. The van der Waals surface area contributed by atoms with Crippen LogP contribution >= 0.6 is 22.6 Å². The van der Waals surface area contributed by atoms with E-state index in [2.05, 4.69) is 32.8 Å². The van der Waals surface area contributed by atoms with Crippen LogP contribution in [0.4, 0.5) is 0 Å². The molecule has 2 fully saturated rings. The molecule has 1 amide bonds. The minimum Gasteiger partial charge on any atom is -0.373 e. The predicted octanol–water partition coefficient (Wildman–Crippen LogP) is 1.88. The third-order valence-electron chi connectivity index (χ3n) is 4.06. The van der Waals surface area contributed by atoms with Gasteiger partial charge in [-0.05, 0) is 66.2 Å². The maximum atomic E-state index is 12.0. The van der Waals surface area contributed by atoms with Crippen LogP contribution in [0.1, 0.15) is 23.2 Å². The van der Waals surface area contributed by atoms with Crippen molar-refractivity contribution in [3.63, 3.8) is 0 Å². The Morgan fingerprint density at radius 1 is 1.40 bits per heavy atom. The highest BCUT2D eigenvalue weighted by molar-refractivity contribution is 14.1. The lowest BCUT2D eigenvalue weighted by atomic mass is 10.2. The number of morpholine rings is 1. The predicted molar refractivity (Wildman–Crippen MR) is 85.8 cm³/mol. The first kappa shape index (κ1) is 14.3. The summed E-state index contributed by atoms with van der Waals surface area (Å²) in [6.07, 6.45) is 2.65. The summed E-state index contributed by atoms with van der Waals surface area (Å²) in [7, 11) is 0. The average Bonchev–Trinajstić information content (AvgIpc) is 2.93. The van der Waals surface area contributed by atoms with Crippen LogP contribution in [0.2, 0.25) is 0 Å². The van der Waals surface area contributed by atoms with Crippen LogP contribution in [0, 0.1) is 3.57 Å². The van der Waals surface area contributed by atoms with Crippen LogP contribution in [0.3, 0.4) is 0 Å². The first-order chi connectivity index (χ1) is 9.72. The fourth-order valence-corrected chi connectivity index (χ4v) is 3.28. The summed E-state index contributed by atoms with van der Waals surface area (Å²) in [6.45, 7) is 3.52. The number of fused-ring (bicyclic) bond motifs is 1. The van der Waals surface area contributed by atoms with Crippen molar-refractivity contribution in [2.45, 2.75) is 25.0 Å². The Kier molecular flexibility index (Phi) is 4.58. The van der Waals surface area contributed by atoms with E-state index in [0.717, 1.165) is 16.7 Å². The van der Waals surface area contributed by atoms with Crippen molar-refractivity contribution in [1.82, 2.24) is 10.2 Å². The molecule has 4 nitrogen and oxygen atoms in total. The van der Waals surface area contributed by atoms with Crippen LogP contribution in [0.5, 0.6) is 0 Å². The highest BCUT2D eigenvalue weighted by Gasteiger charge is 2.32. The van der Waals surface area contributed by atoms with E-state index in [1.165, 1.54) is 19.4 Å². The van der Waals surface area contributed by atoms with Crippen molar-refractivity contribution in [2.75, 3.05) is 26.2 Å². The Morgan fingerprint density at radius 2 is 2.20 bits per heavy atom. The molecule has 0 saturated carbocycles. The zero-order chi connectivity index (χ0) is 13.9. The number of carbonyl (C=O) groups is 1. The number of halogens is 1. The lowest BCUT2D eigenvalue weighted by molar-refractivity contribution is -0.0461. The molecule has 2 heterocycles. The van der Waals surface area contributed by atoms with Gasteiger partial charge in [-0.15, -0.1) is 0 Å². The van der Waals surface area contributed by atoms with E-state index >= 15 is 0 Å². The molecule has 2 aliphatic heterocycles. The van der Waals surface area contributed by atoms with Gasteiger partial charge in [0.05, 0.1) is 12.7 Å². The van der Waals surface area contributed by atoms with E-state index in [1.54, 1.807) is 0 Å².